The molecule has 2 aliphatic rings. The Bertz CT molecular complexity index is 801. The minimum atomic E-state index is -0.321. The fraction of sp³-hybridized carbons (Fsp3) is 0.235. The molecule has 0 aliphatic carbocycles. The molecule has 7 heteroatoms. The van der Waals surface area contributed by atoms with E-state index in [2.05, 4.69) is 26.9 Å². The summed E-state index contributed by atoms with van der Waals surface area (Å²) in [6.07, 6.45) is 6.64. The summed E-state index contributed by atoms with van der Waals surface area (Å²) < 4.78 is 5.75. The summed E-state index contributed by atoms with van der Waals surface area (Å²) >= 11 is 0. The Morgan fingerprint density at radius 1 is 1.00 bits per heavy atom. The second-order valence-electron chi connectivity index (χ2n) is 5.81. The summed E-state index contributed by atoms with van der Waals surface area (Å²) in [5.41, 5.74) is 14.9. The number of nitrogens with two attached hydrogens (primary N) is 1. The summed E-state index contributed by atoms with van der Waals surface area (Å²) in [4.78, 5) is 8.14. The van der Waals surface area contributed by atoms with Crippen LogP contribution in [0.1, 0.15) is 23.1 Å². The van der Waals surface area contributed by atoms with E-state index in [1.54, 1.807) is 24.8 Å². The first-order chi connectivity index (χ1) is 11.8. The van der Waals surface area contributed by atoms with Crippen molar-refractivity contribution in [2.45, 2.75) is 18.2 Å². The van der Waals surface area contributed by atoms with Crippen LogP contribution in [-0.2, 0) is 4.74 Å². The topological polar surface area (TPSA) is 109 Å². The highest BCUT2D eigenvalue weighted by molar-refractivity contribution is 5.41. The van der Waals surface area contributed by atoms with E-state index in [1.807, 2.05) is 24.3 Å². The highest BCUT2D eigenvalue weighted by Crippen LogP contribution is 2.46. The van der Waals surface area contributed by atoms with E-state index < -0.39 is 0 Å². The molecule has 4 atom stereocenters. The predicted molar refractivity (Wildman–Crippen MR) is 85.4 cm³/mol. The van der Waals surface area contributed by atoms with E-state index in [-0.39, 0.29) is 30.0 Å². The van der Waals surface area contributed by atoms with E-state index in [4.69, 9.17) is 10.5 Å². The van der Waals surface area contributed by atoms with Crippen molar-refractivity contribution in [1.29, 1.82) is 5.26 Å². The van der Waals surface area contributed by atoms with Gasteiger partial charge in [0, 0.05) is 36.6 Å². The van der Waals surface area contributed by atoms with Crippen molar-refractivity contribution < 1.29 is 4.74 Å². The molecule has 4 rings (SSSR count). The molecular formula is C17H16N6O. The fourth-order valence-electron chi connectivity index (χ4n) is 3.52. The molecule has 0 aromatic carbocycles. The molecule has 0 spiro atoms. The van der Waals surface area contributed by atoms with Gasteiger partial charge in [0.05, 0.1) is 11.6 Å². The summed E-state index contributed by atoms with van der Waals surface area (Å²) in [6, 6.07) is 9.94. The van der Waals surface area contributed by atoms with Crippen molar-refractivity contribution in [3.05, 3.63) is 71.6 Å². The highest BCUT2D eigenvalue weighted by Gasteiger charge is 2.49. The molecule has 0 radical (unpaired) electrons. The second kappa shape index (κ2) is 5.92. The minimum absolute atomic E-state index is 0.0308. The monoisotopic (exact) mass is 320 g/mol. The summed E-state index contributed by atoms with van der Waals surface area (Å²) in [5.74, 6) is -0.0422. The van der Waals surface area contributed by atoms with E-state index in [1.165, 1.54) is 0 Å². The first-order valence-electron chi connectivity index (χ1n) is 7.67. The zero-order valence-electron chi connectivity index (χ0n) is 12.8. The fourth-order valence-corrected chi connectivity index (χ4v) is 3.52. The molecule has 4 N–H and O–H groups in total. The van der Waals surface area contributed by atoms with Gasteiger partial charge in [-0.05, 0) is 35.4 Å². The van der Waals surface area contributed by atoms with E-state index >= 15 is 0 Å². The van der Waals surface area contributed by atoms with Crippen LogP contribution in [0.25, 0.3) is 0 Å². The van der Waals surface area contributed by atoms with Gasteiger partial charge in [-0.25, -0.2) is 10.9 Å². The number of nitrogens with zero attached hydrogens (tertiary/aromatic N) is 3. The van der Waals surface area contributed by atoms with Crippen molar-refractivity contribution in [3.63, 3.8) is 0 Å². The van der Waals surface area contributed by atoms with Crippen molar-refractivity contribution in [2.75, 3.05) is 0 Å². The number of ether oxygens (including phenoxy) is 1. The SMILES string of the molecule is N#CC1=C(N)OC2NNC(c3ccncc3)C2C1c1ccncc1. The van der Waals surface area contributed by atoms with Gasteiger partial charge in [-0.1, -0.05) is 0 Å². The molecule has 1 fully saturated rings. The van der Waals surface area contributed by atoms with Crippen LogP contribution in [0.5, 0.6) is 0 Å². The van der Waals surface area contributed by atoms with Crippen LogP contribution in [-0.4, -0.2) is 16.2 Å². The van der Waals surface area contributed by atoms with Gasteiger partial charge < -0.3 is 10.5 Å². The highest BCUT2D eigenvalue weighted by atomic mass is 16.5. The van der Waals surface area contributed by atoms with Crippen LogP contribution >= 0.6 is 0 Å². The average molecular weight is 320 g/mol. The Hall–Kier alpha value is -2.95. The van der Waals surface area contributed by atoms with Crippen LogP contribution in [0.3, 0.4) is 0 Å². The molecular weight excluding hydrogens is 304 g/mol. The first-order valence-corrected chi connectivity index (χ1v) is 7.67. The molecule has 120 valence electrons. The van der Waals surface area contributed by atoms with E-state index in [0.717, 1.165) is 11.1 Å². The van der Waals surface area contributed by atoms with Crippen molar-refractivity contribution in [3.8, 4) is 6.07 Å². The van der Waals surface area contributed by atoms with Crippen LogP contribution in [0.2, 0.25) is 0 Å². The molecule has 4 heterocycles. The van der Waals surface area contributed by atoms with Gasteiger partial charge in [-0.2, -0.15) is 5.26 Å². The molecule has 0 saturated carbocycles. The average Bonchev–Trinajstić information content (AvgIpc) is 3.05. The van der Waals surface area contributed by atoms with Crippen molar-refractivity contribution in [1.82, 2.24) is 20.8 Å². The van der Waals surface area contributed by atoms with Gasteiger partial charge in [-0.15, -0.1) is 0 Å². The number of fused-ring (bicyclic) bond motifs is 1. The number of pyridine rings is 2. The third-order valence-corrected chi connectivity index (χ3v) is 4.58. The second-order valence-corrected chi connectivity index (χ2v) is 5.81. The van der Waals surface area contributed by atoms with Gasteiger partial charge in [0.25, 0.3) is 0 Å². The molecule has 2 aliphatic heterocycles. The third-order valence-electron chi connectivity index (χ3n) is 4.58. The van der Waals surface area contributed by atoms with Crippen LogP contribution < -0.4 is 16.6 Å². The molecule has 24 heavy (non-hydrogen) atoms. The maximum absolute atomic E-state index is 9.64. The zero-order valence-corrected chi connectivity index (χ0v) is 12.8. The summed E-state index contributed by atoms with van der Waals surface area (Å²) in [7, 11) is 0. The Balaban J connectivity index is 1.82. The third kappa shape index (κ3) is 2.29. The normalized spacial score (nSPS) is 28.8. The summed E-state index contributed by atoms with van der Waals surface area (Å²) in [5, 5.41) is 9.64. The lowest BCUT2D eigenvalue weighted by molar-refractivity contribution is 0.0340. The number of hydrogen-bond donors (Lipinski definition) is 3. The number of nitrogens with one attached hydrogen (secondary N) is 2. The molecule has 4 unspecified atom stereocenters. The predicted octanol–water partition coefficient (Wildman–Crippen LogP) is 1.08. The number of hydrogen-bond acceptors (Lipinski definition) is 7. The zero-order chi connectivity index (χ0) is 16.5. The molecule has 0 bridgehead atoms. The largest absolute Gasteiger partial charge is 0.458 e. The Morgan fingerprint density at radius 3 is 2.25 bits per heavy atom. The van der Waals surface area contributed by atoms with Gasteiger partial charge in [0.2, 0.25) is 5.88 Å². The summed E-state index contributed by atoms with van der Waals surface area (Å²) in [6.45, 7) is 0. The number of aromatic nitrogens is 2. The van der Waals surface area contributed by atoms with E-state index in [9.17, 15) is 5.26 Å². The Morgan fingerprint density at radius 2 is 1.62 bits per heavy atom. The van der Waals surface area contributed by atoms with Crippen molar-refractivity contribution in [2.24, 2.45) is 11.7 Å². The smallest absolute Gasteiger partial charge is 0.200 e. The molecule has 1 saturated heterocycles. The van der Waals surface area contributed by atoms with Crippen LogP contribution in [0.4, 0.5) is 0 Å². The van der Waals surface area contributed by atoms with Gasteiger partial charge >= 0.3 is 0 Å². The maximum atomic E-state index is 9.64. The van der Waals surface area contributed by atoms with Crippen LogP contribution in [0.15, 0.2) is 60.5 Å². The molecule has 2 aromatic rings. The molecule has 7 nitrogen and oxygen atoms in total. The lowest BCUT2D eigenvalue weighted by atomic mass is 9.74. The number of allylic oxidation sites excluding steroid dienone is 1. The van der Waals surface area contributed by atoms with Crippen LogP contribution in [0, 0.1) is 17.2 Å². The Labute approximate surface area is 139 Å². The van der Waals surface area contributed by atoms with Gasteiger partial charge in [-0.3, -0.25) is 9.97 Å². The molecule has 2 aromatic heterocycles. The standard InChI is InChI=1S/C17H16N6O/c18-9-12-13(10-1-5-20-6-2-10)14-15(11-3-7-21-8-4-11)22-23-17(14)24-16(12)19/h1-8,13-15,17,22-23H,19H2. The minimum Gasteiger partial charge on any atom is -0.458 e. The van der Waals surface area contributed by atoms with Gasteiger partial charge in [0.1, 0.15) is 6.07 Å². The number of rotatable bonds is 2. The molecule has 0 amide bonds. The lowest BCUT2D eigenvalue weighted by Gasteiger charge is -2.35. The number of hydrazine groups is 1. The van der Waals surface area contributed by atoms with E-state index in [0.29, 0.717) is 5.57 Å². The first kappa shape index (κ1) is 14.6. The van der Waals surface area contributed by atoms with Gasteiger partial charge in [0.15, 0.2) is 6.23 Å². The quantitative estimate of drug-likeness (QED) is 0.759. The van der Waals surface area contributed by atoms with Crippen molar-refractivity contribution >= 4 is 0 Å². The maximum Gasteiger partial charge on any atom is 0.200 e. The lowest BCUT2D eigenvalue weighted by Crippen LogP contribution is -2.40. The number of nitriles is 1. The Kier molecular flexibility index (Phi) is 3.61.